The van der Waals surface area contributed by atoms with Gasteiger partial charge in [0.15, 0.2) is 0 Å². The zero-order valence-corrected chi connectivity index (χ0v) is 14.0. The molecule has 0 spiro atoms. The van der Waals surface area contributed by atoms with Gasteiger partial charge in [-0.1, -0.05) is 55.0 Å². The molecule has 1 aliphatic heterocycles. The molecule has 2 aromatic carbocycles. The number of hydrogen-bond acceptors (Lipinski definition) is 2. The molecule has 0 aliphatic carbocycles. The molecule has 24 heavy (non-hydrogen) atoms. The fourth-order valence-corrected chi connectivity index (χ4v) is 2.52. The smallest absolute Gasteiger partial charge is 0.281 e. The molecule has 1 fully saturated rings. The first kappa shape index (κ1) is 16.0. The predicted octanol–water partition coefficient (Wildman–Crippen LogP) is 3.74. The summed E-state index contributed by atoms with van der Waals surface area (Å²) in [6.07, 6.45) is 2.79. The number of anilines is 1. The van der Waals surface area contributed by atoms with Gasteiger partial charge in [0.25, 0.3) is 5.91 Å². The minimum absolute atomic E-state index is 0.0856. The van der Waals surface area contributed by atoms with Gasteiger partial charge >= 0.3 is 0 Å². The van der Waals surface area contributed by atoms with Gasteiger partial charge < -0.3 is 5.32 Å². The molecule has 4 nitrogen and oxygen atoms in total. The van der Waals surface area contributed by atoms with Gasteiger partial charge in [0.2, 0.25) is 5.96 Å². The Morgan fingerprint density at radius 2 is 1.79 bits per heavy atom. The van der Waals surface area contributed by atoms with Crippen LogP contribution in [0.1, 0.15) is 24.5 Å². The van der Waals surface area contributed by atoms with Gasteiger partial charge in [0.1, 0.15) is 5.70 Å². The molecular weight excluding hydrogens is 298 g/mol. The molecule has 122 valence electrons. The fraction of sp³-hybridized carbons (Fsp3) is 0.200. The number of hydrogen-bond donors (Lipinski definition) is 1. The van der Waals surface area contributed by atoms with Crippen LogP contribution in [-0.4, -0.2) is 18.4 Å². The van der Waals surface area contributed by atoms with Crippen molar-refractivity contribution in [3.8, 4) is 0 Å². The Hall–Kier alpha value is -2.88. The van der Waals surface area contributed by atoms with E-state index in [2.05, 4.69) is 17.2 Å². The summed E-state index contributed by atoms with van der Waals surface area (Å²) in [7, 11) is 0. The number of nitrogens with zero attached hydrogens (tertiary/aromatic N) is 2. The van der Waals surface area contributed by atoms with Gasteiger partial charge in [-0.3, -0.25) is 9.79 Å². The minimum Gasteiger partial charge on any atom is -0.321 e. The van der Waals surface area contributed by atoms with Crippen molar-refractivity contribution in [1.29, 1.82) is 0 Å². The van der Waals surface area contributed by atoms with Crippen LogP contribution < -0.4 is 10.2 Å². The Morgan fingerprint density at radius 1 is 1.08 bits per heavy atom. The van der Waals surface area contributed by atoms with E-state index in [9.17, 15) is 4.79 Å². The van der Waals surface area contributed by atoms with E-state index < -0.39 is 0 Å². The summed E-state index contributed by atoms with van der Waals surface area (Å²) >= 11 is 0. The summed E-state index contributed by atoms with van der Waals surface area (Å²) in [5.41, 5.74) is 3.50. The minimum atomic E-state index is -0.0856. The number of aliphatic imine (C=N–C) groups is 1. The molecule has 1 aliphatic rings. The summed E-state index contributed by atoms with van der Waals surface area (Å²) in [6.45, 7) is 4.77. The number of aryl methyl sites for hydroxylation is 1. The molecule has 0 unspecified atom stereocenters. The third kappa shape index (κ3) is 3.38. The van der Waals surface area contributed by atoms with Gasteiger partial charge in [-0.15, -0.1) is 0 Å². The molecular formula is C20H21N3O. The van der Waals surface area contributed by atoms with Crippen LogP contribution in [0.25, 0.3) is 6.08 Å². The Bertz CT molecular complexity index is 776. The maximum Gasteiger partial charge on any atom is 0.281 e. The zero-order chi connectivity index (χ0) is 16.9. The lowest BCUT2D eigenvalue weighted by molar-refractivity contribution is -0.113. The van der Waals surface area contributed by atoms with E-state index in [1.54, 1.807) is 4.90 Å². The van der Waals surface area contributed by atoms with E-state index in [4.69, 9.17) is 0 Å². The first-order valence-corrected chi connectivity index (χ1v) is 8.18. The third-order valence-corrected chi connectivity index (χ3v) is 3.78. The largest absolute Gasteiger partial charge is 0.321 e. The van der Waals surface area contributed by atoms with Crippen LogP contribution in [0.5, 0.6) is 0 Å². The summed E-state index contributed by atoms with van der Waals surface area (Å²) in [5, 5.41) is 3.17. The van der Waals surface area contributed by atoms with Crippen LogP contribution >= 0.6 is 0 Å². The summed E-state index contributed by atoms with van der Waals surface area (Å²) in [4.78, 5) is 19.1. The quantitative estimate of drug-likeness (QED) is 0.873. The highest BCUT2D eigenvalue weighted by molar-refractivity contribution is 6.29. The number of carbonyl (C=O) groups excluding carboxylic acids is 1. The van der Waals surface area contributed by atoms with Crippen molar-refractivity contribution in [2.45, 2.75) is 20.3 Å². The number of guanidine groups is 1. The third-order valence-electron chi connectivity index (χ3n) is 3.78. The summed E-state index contributed by atoms with van der Waals surface area (Å²) in [5.74, 6) is 0.505. The standard InChI is InChI=1S/C20H21N3O/c1-3-13-21-20-22-18(14-16-7-5-4-6-8-16)19(24)23(20)17-11-9-15(2)10-12-17/h4-12,14H,3,13H2,1-2H3,(H,21,22)/b18-14+. The molecule has 0 atom stereocenters. The lowest BCUT2D eigenvalue weighted by Crippen LogP contribution is -2.32. The predicted molar refractivity (Wildman–Crippen MR) is 98.8 cm³/mol. The average Bonchev–Trinajstić information content (AvgIpc) is 2.90. The SMILES string of the molecule is CCCN=C1N/C(=C/c2ccccc2)C(=O)N1c1ccc(C)cc1. The Balaban J connectivity index is 1.97. The van der Waals surface area contributed by atoms with Crippen molar-refractivity contribution < 1.29 is 4.79 Å². The molecule has 0 radical (unpaired) electrons. The van der Waals surface area contributed by atoms with Gasteiger partial charge in [0.05, 0.1) is 5.69 Å². The first-order chi connectivity index (χ1) is 11.7. The summed E-state index contributed by atoms with van der Waals surface area (Å²) in [6, 6.07) is 17.7. The van der Waals surface area contributed by atoms with Crippen molar-refractivity contribution in [1.82, 2.24) is 5.32 Å². The number of nitrogens with one attached hydrogen (secondary N) is 1. The monoisotopic (exact) mass is 319 g/mol. The van der Waals surface area contributed by atoms with Crippen LogP contribution in [0.2, 0.25) is 0 Å². The number of rotatable bonds is 4. The molecule has 1 heterocycles. The number of amides is 1. The molecule has 0 saturated carbocycles. The zero-order valence-electron chi connectivity index (χ0n) is 14.0. The van der Waals surface area contributed by atoms with E-state index in [-0.39, 0.29) is 5.91 Å². The van der Waals surface area contributed by atoms with E-state index in [1.165, 1.54) is 0 Å². The highest BCUT2D eigenvalue weighted by Crippen LogP contribution is 2.23. The molecule has 2 aromatic rings. The second-order valence-corrected chi connectivity index (χ2v) is 5.78. The van der Waals surface area contributed by atoms with Gasteiger partial charge in [0, 0.05) is 6.54 Å². The molecule has 1 saturated heterocycles. The highest BCUT2D eigenvalue weighted by atomic mass is 16.2. The molecule has 3 rings (SSSR count). The topological polar surface area (TPSA) is 44.7 Å². The van der Waals surface area contributed by atoms with Gasteiger partial charge in [-0.05, 0) is 37.1 Å². The van der Waals surface area contributed by atoms with E-state index in [1.807, 2.05) is 67.6 Å². The fourth-order valence-electron chi connectivity index (χ4n) is 2.52. The second kappa shape index (κ2) is 7.13. The van der Waals surface area contributed by atoms with Crippen molar-refractivity contribution in [2.24, 2.45) is 4.99 Å². The lowest BCUT2D eigenvalue weighted by atomic mass is 10.2. The van der Waals surface area contributed by atoms with Crippen LogP contribution in [0.15, 0.2) is 65.3 Å². The number of benzene rings is 2. The summed E-state index contributed by atoms with van der Waals surface area (Å²) < 4.78 is 0. The maximum atomic E-state index is 12.9. The first-order valence-electron chi connectivity index (χ1n) is 8.18. The van der Waals surface area contributed by atoms with Crippen LogP contribution in [-0.2, 0) is 4.79 Å². The molecule has 1 N–H and O–H groups in total. The van der Waals surface area contributed by atoms with Crippen LogP contribution in [0.4, 0.5) is 5.69 Å². The van der Waals surface area contributed by atoms with E-state index in [0.717, 1.165) is 23.2 Å². The van der Waals surface area contributed by atoms with Crippen molar-refractivity contribution in [2.75, 3.05) is 11.4 Å². The maximum absolute atomic E-state index is 12.9. The number of carbonyl (C=O) groups is 1. The van der Waals surface area contributed by atoms with Crippen molar-refractivity contribution in [3.05, 3.63) is 71.4 Å². The highest BCUT2D eigenvalue weighted by Gasteiger charge is 2.32. The molecule has 1 amide bonds. The van der Waals surface area contributed by atoms with Gasteiger partial charge in [-0.25, -0.2) is 4.90 Å². The van der Waals surface area contributed by atoms with E-state index >= 15 is 0 Å². The Kier molecular flexibility index (Phi) is 4.75. The second-order valence-electron chi connectivity index (χ2n) is 5.78. The Labute approximate surface area is 142 Å². The van der Waals surface area contributed by atoms with Crippen molar-refractivity contribution >= 4 is 23.6 Å². The van der Waals surface area contributed by atoms with Gasteiger partial charge in [-0.2, -0.15) is 0 Å². The lowest BCUT2D eigenvalue weighted by Gasteiger charge is -2.15. The van der Waals surface area contributed by atoms with E-state index in [0.29, 0.717) is 18.2 Å². The van der Waals surface area contributed by atoms with Crippen molar-refractivity contribution in [3.63, 3.8) is 0 Å². The van der Waals surface area contributed by atoms with Crippen LogP contribution in [0.3, 0.4) is 0 Å². The molecule has 0 aromatic heterocycles. The molecule has 0 bridgehead atoms. The molecule has 4 heteroatoms. The van der Waals surface area contributed by atoms with Crippen LogP contribution in [0, 0.1) is 6.92 Å². The Morgan fingerprint density at radius 3 is 2.46 bits per heavy atom. The normalized spacial score (nSPS) is 17.6. The average molecular weight is 319 g/mol.